The summed E-state index contributed by atoms with van der Waals surface area (Å²) in [5.41, 5.74) is 2.97. The summed E-state index contributed by atoms with van der Waals surface area (Å²) < 4.78 is 14.0. The standard InChI is InChI=1S/C18H14FN5/c19-15-7-3-4-8-17(15)24-21-16(11-20)18(22-24)23-10-9-13-5-1-2-6-14(13)12-23/h1-8H,9-10,12H2. The van der Waals surface area contributed by atoms with Gasteiger partial charge in [-0.05, 0) is 29.7 Å². The minimum Gasteiger partial charge on any atom is -0.348 e. The predicted molar refractivity (Wildman–Crippen MR) is 87.2 cm³/mol. The van der Waals surface area contributed by atoms with Crippen molar-refractivity contribution in [2.75, 3.05) is 11.4 Å². The topological polar surface area (TPSA) is 57.7 Å². The van der Waals surface area contributed by atoms with Gasteiger partial charge in [-0.1, -0.05) is 36.4 Å². The van der Waals surface area contributed by atoms with Crippen LogP contribution in [0.5, 0.6) is 0 Å². The van der Waals surface area contributed by atoms with E-state index in [9.17, 15) is 9.65 Å². The SMILES string of the molecule is N#Cc1nn(-c2ccccc2F)nc1N1CCc2ccccc2C1. The largest absolute Gasteiger partial charge is 0.348 e. The number of para-hydroxylation sites is 1. The first-order valence-electron chi connectivity index (χ1n) is 7.70. The molecule has 118 valence electrons. The molecule has 2 aromatic carbocycles. The summed E-state index contributed by atoms with van der Waals surface area (Å²) in [6, 6.07) is 16.6. The van der Waals surface area contributed by atoms with Crippen LogP contribution in [0.4, 0.5) is 10.2 Å². The molecule has 0 saturated heterocycles. The van der Waals surface area contributed by atoms with Gasteiger partial charge >= 0.3 is 0 Å². The van der Waals surface area contributed by atoms with E-state index in [0.29, 0.717) is 12.4 Å². The Labute approximate surface area is 138 Å². The lowest BCUT2D eigenvalue weighted by molar-refractivity contribution is 0.595. The fourth-order valence-electron chi connectivity index (χ4n) is 2.98. The van der Waals surface area contributed by atoms with Crippen LogP contribution in [0.15, 0.2) is 48.5 Å². The molecule has 0 amide bonds. The molecule has 1 aliphatic heterocycles. The molecule has 0 bridgehead atoms. The average Bonchev–Trinajstić information content (AvgIpc) is 3.06. The third-order valence-electron chi connectivity index (χ3n) is 4.20. The van der Waals surface area contributed by atoms with E-state index < -0.39 is 5.82 Å². The summed E-state index contributed by atoms with van der Waals surface area (Å²) >= 11 is 0. The summed E-state index contributed by atoms with van der Waals surface area (Å²) in [5, 5.41) is 17.9. The lowest BCUT2D eigenvalue weighted by atomic mass is 10.00. The minimum absolute atomic E-state index is 0.206. The Hall–Kier alpha value is -3.20. The van der Waals surface area contributed by atoms with Crippen LogP contribution < -0.4 is 4.90 Å². The van der Waals surface area contributed by atoms with Gasteiger partial charge in [0, 0.05) is 13.1 Å². The molecule has 0 saturated carbocycles. The van der Waals surface area contributed by atoms with Crippen molar-refractivity contribution in [1.82, 2.24) is 15.0 Å². The van der Waals surface area contributed by atoms with Crippen LogP contribution in [0.1, 0.15) is 16.8 Å². The van der Waals surface area contributed by atoms with Crippen LogP contribution in [-0.4, -0.2) is 21.5 Å². The summed E-state index contributed by atoms with van der Waals surface area (Å²) in [5.74, 6) is 0.0720. The van der Waals surface area contributed by atoms with Crippen molar-refractivity contribution in [2.45, 2.75) is 13.0 Å². The summed E-state index contributed by atoms with van der Waals surface area (Å²) in [7, 11) is 0. The second-order valence-electron chi connectivity index (χ2n) is 5.67. The fourth-order valence-corrected chi connectivity index (χ4v) is 2.98. The molecule has 2 heterocycles. The van der Waals surface area contributed by atoms with Gasteiger partial charge in [0.2, 0.25) is 5.69 Å². The second-order valence-corrected chi connectivity index (χ2v) is 5.67. The predicted octanol–water partition coefficient (Wildman–Crippen LogP) is 2.84. The smallest absolute Gasteiger partial charge is 0.207 e. The van der Waals surface area contributed by atoms with Crippen LogP contribution >= 0.6 is 0 Å². The maximum Gasteiger partial charge on any atom is 0.207 e. The number of halogens is 1. The number of rotatable bonds is 2. The number of fused-ring (bicyclic) bond motifs is 1. The molecule has 0 N–H and O–H groups in total. The van der Waals surface area contributed by atoms with Crippen molar-refractivity contribution in [1.29, 1.82) is 5.26 Å². The van der Waals surface area contributed by atoms with Crippen LogP contribution in [0.3, 0.4) is 0 Å². The van der Waals surface area contributed by atoms with E-state index in [-0.39, 0.29) is 11.4 Å². The third-order valence-corrected chi connectivity index (χ3v) is 4.20. The van der Waals surface area contributed by atoms with E-state index in [1.54, 1.807) is 18.2 Å². The van der Waals surface area contributed by atoms with Crippen molar-refractivity contribution >= 4 is 5.82 Å². The van der Waals surface area contributed by atoms with Gasteiger partial charge in [-0.15, -0.1) is 15.0 Å². The molecule has 0 unspecified atom stereocenters. The highest BCUT2D eigenvalue weighted by Gasteiger charge is 2.23. The maximum absolute atomic E-state index is 14.0. The molecular formula is C18H14FN5. The number of nitrogens with zero attached hydrogens (tertiary/aromatic N) is 5. The Balaban J connectivity index is 1.72. The molecule has 0 aliphatic carbocycles. The highest BCUT2D eigenvalue weighted by Crippen LogP contribution is 2.25. The van der Waals surface area contributed by atoms with Gasteiger partial charge in [0.25, 0.3) is 0 Å². The highest BCUT2D eigenvalue weighted by molar-refractivity contribution is 5.52. The fraction of sp³-hybridized carbons (Fsp3) is 0.167. The minimum atomic E-state index is -0.424. The van der Waals surface area contributed by atoms with Crippen LogP contribution in [0.2, 0.25) is 0 Å². The van der Waals surface area contributed by atoms with Crippen molar-refractivity contribution < 1.29 is 4.39 Å². The van der Waals surface area contributed by atoms with E-state index in [2.05, 4.69) is 28.4 Å². The number of nitriles is 1. The zero-order chi connectivity index (χ0) is 16.5. The Morgan fingerprint density at radius 3 is 2.54 bits per heavy atom. The normalized spacial score (nSPS) is 13.4. The first-order chi connectivity index (χ1) is 11.8. The van der Waals surface area contributed by atoms with Crippen LogP contribution in [0, 0.1) is 17.1 Å². The summed E-state index contributed by atoms with van der Waals surface area (Å²) in [4.78, 5) is 3.22. The number of hydrogen-bond donors (Lipinski definition) is 0. The van der Waals surface area contributed by atoms with Crippen LogP contribution in [-0.2, 0) is 13.0 Å². The molecule has 0 atom stereocenters. The molecule has 3 aromatic rings. The zero-order valence-electron chi connectivity index (χ0n) is 12.9. The van der Waals surface area contributed by atoms with E-state index in [0.717, 1.165) is 13.0 Å². The molecule has 5 nitrogen and oxygen atoms in total. The third kappa shape index (κ3) is 2.40. The highest BCUT2D eigenvalue weighted by atomic mass is 19.1. The van der Waals surface area contributed by atoms with Gasteiger partial charge in [-0.2, -0.15) is 5.26 Å². The van der Waals surface area contributed by atoms with E-state index in [4.69, 9.17) is 0 Å². The Morgan fingerprint density at radius 1 is 1.00 bits per heavy atom. The number of benzene rings is 2. The van der Waals surface area contributed by atoms with E-state index in [1.165, 1.54) is 22.0 Å². The second kappa shape index (κ2) is 5.78. The van der Waals surface area contributed by atoms with Gasteiger partial charge in [0.1, 0.15) is 11.8 Å². The Bertz CT molecular complexity index is 941. The Morgan fingerprint density at radius 2 is 1.75 bits per heavy atom. The van der Waals surface area contributed by atoms with Crippen molar-refractivity contribution in [2.24, 2.45) is 0 Å². The quantitative estimate of drug-likeness (QED) is 0.729. The zero-order valence-corrected chi connectivity index (χ0v) is 12.9. The van der Waals surface area contributed by atoms with E-state index in [1.807, 2.05) is 17.0 Å². The molecule has 0 radical (unpaired) electrons. The number of aromatic nitrogens is 3. The maximum atomic E-state index is 14.0. The van der Waals surface area contributed by atoms with Gasteiger partial charge in [-0.25, -0.2) is 4.39 Å². The average molecular weight is 319 g/mol. The summed E-state index contributed by atoms with van der Waals surface area (Å²) in [6.07, 6.45) is 0.883. The first-order valence-corrected chi connectivity index (χ1v) is 7.70. The van der Waals surface area contributed by atoms with Crippen molar-refractivity contribution in [3.05, 3.63) is 71.2 Å². The Kier molecular flexibility index (Phi) is 3.47. The molecule has 0 spiro atoms. The molecule has 1 aliphatic rings. The number of anilines is 1. The van der Waals surface area contributed by atoms with Crippen molar-refractivity contribution in [3.63, 3.8) is 0 Å². The van der Waals surface area contributed by atoms with Gasteiger partial charge in [-0.3, -0.25) is 0 Å². The van der Waals surface area contributed by atoms with Gasteiger partial charge < -0.3 is 4.90 Å². The molecule has 24 heavy (non-hydrogen) atoms. The molecule has 0 fully saturated rings. The molecule has 1 aromatic heterocycles. The molecular weight excluding hydrogens is 305 g/mol. The van der Waals surface area contributed by atoms with Gasteiger partial charge in [0.05, 0.1) is 0 Å². The molecule has 4 rings (SSSR count). The first kappa shape index (κ1) is 14.4. The van der Waals surface area contributed by atoms with Crippen LogP contribution in [0.25, 0.3) is 5.69 Å². The van der Waals surface area contributed by atoms with Crippen molar-refractivity contribution in [3.8, 4) is 11.8 Å². The lowest BCUT2D eigenvalue weighted by Crippen LogP contribution is -2.31. The van der Waals surface area contributed by atoms with Gasteiger partial charge in [0.15, 0.2) is 11.6 Å². The lowest BCUT2D eigenvalue weighted by Gasteiger charge is -2.28. The molecule has 6 heteroatoms. The summed E-state index contributed by atoms with van der Waals surface area (Å²) in [6.45, 7) is 1.42. The number of hydrogen-bond acceptors (Lipinski definition) is 4. The monoisotopic (exact) mass is 319 g/mol. The van der Waals surface area contributed by atoms with E-state index >= 15 is 0 Å².